The summed E-state index contributed by atoms with van der Waals surface area (Å²) < 4.78 is 40.2. The van der Waals surface area contributed by atoms with Crippen molar-refractivity contribution in [1.29, 1.82) is 0 Å². The molecule has 4 nitrogen and oxygen atoms in total. The highest BCUT2D eigenvalue weighted by molar-refractivity contribution is 5.75. The average Bonchev–Trinajstić information content (AvgIpc) is 2.26. The molecule has 1 amide bonds. The fourth-order valence-electron chi connectivity index (χ4n) is 1.35. The maximum Gasteiger partial charge on any atom is 0.573 e. The molecule has 7 heteroatoms. The molecule has 0 aliphatic carbocycles. The Hall–Kier alpha value is -1.76. The maximum absolute atomic E-state index is 12.1. The Morgan fingerprint density at radius 1 is 1.33 bits per heavy atom. The second-order valence-corrected chi connectivity index (χ2v) is 3.38. The first-order valence-electron chi connectivity index (χ1n) is 5.08. The molecule has 0 spiro atoms. The number of benzene rings is 1. The van der Waals surface area contributed by atoms with Crippen LogP contribution in [0.4, 0.5) is 13.2 Å². The Morgan fingerprint density at radius 2 is 2.00 bits per heavy atom. The van der Waals surface area contributed by atoms with Crippen LogP contribution in [0.3, 0.4) is 0 Å². The fourth-order valence-corrected chi connectivity index (χ4v) is 1.35. The molecule has 0 radical (unpaired) electrons. The van der Waals surface area contributed by atoms with Gasteiger partial charge in [0.05, 0.1) is 7.11 Å². The third kappa shape index (κ3) is 5.05. The number of hydrogen-bond donors (Lipinski definition) is 1. The van der Waals surface area contributed by atoms with E-state index < -0.39 is 12.3 Å². The summed E-state index contributed by atoms with van der Waals surface area (Å²) in [6.45, 7) is 0. The van der Waals surface area contributed by atoms with Crippen LogP contribution in [0, 0.1) is 0 Å². The van der Waals surface area contributed by atoms with Gasteiger partial charge in [0, 0.05) is 6.42 Å². The Morgan fingerprint density at radius 3 is 2.61 bits per heavy atom. The lowest BCUT2D eigenvalue weighted by molar-refractivity contribution is -0.274. The van der Waals surface area contributed by atoms with Crippen molar-refractivity contribution < 1.29 is 27.5 Å². The quantitative estimate of drug-likeness (QED) is 0.828. The number of halogens is 3. The molecule has 0 fully saturated rings. The predicted octanol–water partition coefficient (Wildman–Crippen LogP) is 2.20. The van der Waals surface area contributed by atoms with Gasteiger partial charge in [-0.05, 0) is 18.1 Å². The number of nitrogens with one attached hydrogen (secondary N) is 1. The Bertz CT molecular complexity index is 407. The van der Waals surface area contributed by atoms with Gasteiger partial charge in [-0.1, -0.05) is 18.2 Å². The first-order chi connectivity index (χ1) is 8.42. The number of carbonyl (C=O) groups is 1. The largest absolute Gasteiger partial charge is 0.573 e. The number of aryl methyl sites for hydroxylation is 1. The molecule has 0 saturated carbocycles. The molecular weight excluding hydrogens is 251 g/mol. The Balaban J connectivity index is 2.67. The van der Waals surface area contributed by atoms with Crippen LogP contribution in [0.2, 0.25) is 0 Å². The Labute approximate surface area is 102 Å². The van der Waals surface area contributed by atoms with Gasteiger partial charge in [-0.2, -0.15) is 0 Å². The lowest BCUT2D eigenvalue weighted by atomic mass is 10.1. The third-order valence-electron chi connectivity index (χ3n) is 2.04. The summed E-state index contributed by atoms with van der Waals surface area (Å²) in [5.74, 6) is -0.713. The highest BCUT2D eigenvalue weighted by atomic mass is 19.4. The van der Waals surface area contributed by atoms with Crippen LogP contribution in [0.1, 0.15) is 12.0 Å². The van der Waals surface area contributed by atoms with Crippen molar-refractivity contribution in [3.63, 3.8) is 0 Å². The van der Waals surface area contributed by atoms with Gasteiger partial charge in [-0.25, -0.2) is 5.48 Å². The van der Waals surface area contributed by atoms with E-state index in [1.54, 1.807) is 6.07 Å². The molecule has 1 aromatic rings. The van der Waals surface area contributed by atoms with E-state index in [9.17, 15) is 18.0 Å². The molecule has 100 valence electrons. The maximum atomic E-state index is 12.1. The second kappa shape index (κ2) is 6.25. The molecule has 1 aromatic carbocycles. The molecule has 0 aliphatic rings. The molecule has 0 aromatic heterocycles. The molecule has 1 rings (SSSR count). The summed E-state index contributed by atoms with van der Waals surface area (Å²) >= 11 is 0. The van der Waals surface area contributed by atoms with Crippen molar-refractivity contribution in [2.45, 2.75) is 19.2 Å². The van der Waals surface area contributed by atoms with E-state index in [0.29, 0.717) is 5.56 Å². The topological polar surface area (TPSA) is 47.6 Å². The minimum Gasteiger partial charge on any atom is -0.406 e. The lowest BCUT2D eigenvalue weighted by Crippen LogP contribution is -2.22. The number of ether oxygens (including phenoxy) is 1. The van der Waals surface area contributed by atoms with Gasteiger partial charge >= 0.3 is 6.36 Å². The van der Waals surface area contributed by atoms with Crippen molar-refractivity contribution in [2.75, 3.05) is 7.11 Å². The molecule has 0 bridgehead atoms. The monoisotopic (exact) mass is 263 g/mol. The zero-order valence-electron chi connectivity index (χ0n) is 9.58. The number of rotatable bonds is 5. The highest BCUT2D eigenvalue weighted by Crippen LogP contribution is 2.26. The van der Waals surface area contributed by atoms with Crippen LogP contribution in [-0.2, 0) is 16.1 Å². The molecule has 0 heterocycles. The molecule has 18 heavy (non-hydrogen) atoms. The van der Waals surface area contributed by atoms with Gasteiger partial charge in [0.2, 0.25) is 5.91 Å². The van der Waals surface area contributed by atoms with E-state index in [-0.39, 0.29) is 18.6 Å². The molecular formula is C11H12F3NO3. The van der Waals surface area contributed by atoms with E-state index in [2.05, 4.69) is 15.1 Å². The van der Waals surface area contributed by atoms with E-state index in [4.69, 9.17) is 0 Å². The van der Waals surface area contributed by atoms with Gasteiger partial charge in [-0.15, -0.1) is 13.2 Å². The van der Waals surface area contributed by atoms with E-state index in [1.807, 2.05) is 0 Å². The van der Waals surface area contributed by atoms with Gasteiger partial charge in [0.1, 0.15) is 5.75 Å². The number of amides is 1. The summed E-state index contributed by atoms with van der Waals surface area (Å²) in [5.41, 5.74) is 2.39. The summed E-state index contributed by atoms with van der Waals surface area (Å²) in [6, 6.07) is 5.69. The molecule has 0 atom stereocenters. The summed E-state index contributed by atoms with van der Waals surface area (Å²) in [7, 11) is 1.28. The van der Waals surface area contributed by atoms with E-state index in [0.717, 1.165) is 0 Å². The van der Waals surface area contributed by atoms with E-state index >= 15 is 0 Å². The third-order valence-corrected chi connectivity index (χ3v) is 2.04. The van der Waals surface area contributed by atoms with Crippen LogP contribution in [0.15, 0.2) is 24.3 Å². The van der Waals surface area contributed by atoms with Crippen molar-refractivity contribution in [2.24, 2.45) is 0 Å². The lowest BCUT2D eigenvalue weighted by Gasteiger charge is -2.12. The number of hydroxylamine groups is 1. The summed E-state index contributed by atoms with van der Waals surface area (Å²) in [6.07, 6.45) is -4.61. The van der Waals surface area contributed by atoms with Crippen molar-refractivity contribution in [1.82, 2.24) is 5.48 Å². The molecule has 1 N–H and O–H groups in total. The van der Waals surface area contributed by atoms with Crippen LogP contribution in [0.5, 0.6) is 5.75 Å². The molecule has 0 aliphatic heterocycles. The van der Waals surface area contributed by atoms with Gasteiger partial charge in [0.25, 0.3) is 0 Å². The molecule has 0 unspecified atom stereocenters. The van der Waals surface area contributed by atoms with E-state index in [1.165, 1.54) is 25.3 Å². The van der Waals surface area contributed by atoms with Gasteiger partial charge in [0.15, 0.2) is 0 Å². The molecule has 0 saturated heterocycles. The summed E-state index contributed by atoms with van der Waals surface area (Å²) in [5, 5.41) is 0. The van der Waals surface area contributed by atoms with Crippen LogP contribution in [-0.4, -0.2) is 19.4 Å². The minimum atomic E-state index is -4.75. The normalized spacial score (nSPS) is 11.1. The zero-order valence-corrected chi connectivity index (χ0v) is 9.58. The summed E-state index contributed by atoms with van der Waals surface area (Å²) in [4.78, 5) is 15.5. The number of hydrogen-bond acceptors (Lipinski definition) is 3. The smallest absolute Gasteiger partial charge is 0.406 e. The predicted molar refractivity (Wildman–Crippen MR) is 56.6 cm³/mol. The van der Waals surface area contributed by atoms with Crippen molar-refractivity contribution >= 4 is 5.91 Å². The number of para-hydroxylation sites is 1. The van der Waals surface area contributed by atoms with Crippen molar-refractivity contribution in [3.8, 4) is 5.75 Å². The second-order valence-electron chi connectivity index (χ2n) is 3.38. The van der Waals surface area contributed by atoms with Crippen LogP contribution < -0.4 is 10.2 Å². The first kappa shape index (κ1) is 14.3. The minimum absolute atomic E-state index is 0.00602. The van der Waals surface area contributed by atoms with Gasteiger partial charge in [-0.3, -0.25) is 9.63 Å². The van der Waals surface area contributed by atoms with Crippen LogP contribution in [0.25, 0.3) is 0 Å². The van der Waals surface area contributed by atoms with Crippen molar-refractivity contribution in [3.05, 3.63) is 29.8 Å². The van der Waals surface area contributed by atoms with Crippen LogP contribution >= 0.6 is 0 Å². The van der Waals surface area contributed by atoms with Gasteiger partial charge < -0.3 is 4.74 Å². The number of alkyl halides is 3. The average molecular weight is 263 g/mol. The fraction of sp³-hybridized carbons (Fsp3) is 0.364. The zero-order chi connectivity index (χ0) is 13.6. The highest BCUT2D eigenvalue weighted by Gasteiger charge is 2.31. The number of carbonyl (C=O) groups excluding carboxylic acids is 1. The SMILES string of the molecule is CONC(=O)CCc1ccccc1OC(F)(F)F. The standard InChI is InChI=1S/C11H12F3NO3/c1-17-15-10(16)7-6-8-4-2-3-5-9(8)18-11(12,13)14/h2-5H,6-7H2,1H3,(H,15,16). The first-order valence-corrected chi connectivity index (χ1v) is 5.08. The Kier molecular flexibility index (Phi) is 4.96.